The maximum Gasteiger partial charge on any atom is 0.179 e. The first-order chi connectivity index (χ1) is 12.0. The van der Waals surface area contributed by atoms with Gasteiger partial charge in [0.2, 0.25) is 0 Å². The number of halogens is 1. The monoisotopic (exact) mass is 358 g/mol. The molecule has 0 spiro atoms. The van der Waals surface area contributed by atoms with E-state index in [-0.39, 0.29) is 17.1 Å². The van der Waals surface area contributed by atoms with E-state index in [1.165, 1.54) is 35.7 Å². The van der Waals surface area contributed by atoms with Gasteiger partial charge in [0.1, 0.15) is 5.82 Å². The zero-order chi connectivity index (χ0) is 17.4. The molecule has 0 bridgehead atoms. The summed E-state index contributed by atoms with van der Waals surface area (Å²) in [6.45, 7) is 0. The Bertz CT molecular complexity index is 967. The molecule has 1 heterocycles. The van der Waals surface area contributed by atoms with Gasteiger partial charge in [-0.25, -0.2) is 12.8 Å². The van der Waals surface area contributed by atoms with Crippen LogP contribution in [-0.2, 0) is 22.7 Å². The molecule has 2 aromatic rings. The fourth-order valence-electron chi connectivity index (χ4n) is 3.60. The summed E-state index contributed by atoms with van der Waals surface area (Å²) in [5, 5.41) is 4.45. The van der Waals surface area contributed by atoms with E-state index < -0.39 is 15.7 Å². The molecule has 0 unspecified atom stereocenters. The molecule has 1 aliphatic carbocycles. The largest absolute Gasteiger partial charge is 0.278 e. The van der Waals surface area contributed by atoms with Gasteiger partial charge < -0.3 is 0 Å². The van der Waals surface area contributed by atoms with E-state index in [4.69, 9.17) is 0 Å². The van der Waals surface area contributed by atoms with Gasteiger partial charge in [-0.2, -0.15) is 5.10 Å². The second-order valence-electron chi connectivity index (χ2n) is 6.53. The lowest BCUT2D eigenvalue weighted by Crippen LogP contribution is -2.23. The third kappa shape index (κ3) is 3.06. The summed E-state index contributed by atoms with van der Waals surface area (Å²) in [5.74, 6) is -0.459. The van der Waals surface area contributed by atoms with Crippen molar-refractivity contribution in [3.8, 4) is 0 Å². The van der Waals surface area contributed by atoms with Crippen molar-refractivity contribution in [3.63, 3.8) is 0 Å². The molecule has 1 N–H and O–H groups in total. The molecule has 0 aromatic heterocycles. The van der Waals surface area contributed by atoms with Gasteiger partial charge in [-0.05, 0) is 61.1 Å². The summed E-state index contributed by atoms with van der Waals surface area (Å²) in [5.41, 5.74) is 7.62. The highest BCUT2D eigenvalue weighted by atomic mass is 32.2. The van der Waals surface area contributed by atoms with Crippen molar-refractivity contribution in [1.82, 2.24) is 0 Å². The molecule has 1 aliphatic heterocycles. The van der Waals surface area contributed by atoms with E-state index >= 15 is 0 Å². The van der Waals surface area contributed by atoms with Gasteiger partial charge in [-0.15, -0.1) is 0 Å². The van der Waals surface area contributed by atoms with E-state index in [0.29, 0.717) is 11.3 Å². The van der Waals surface area contributed by atoms with Crippen LogP contribution in [0, 0.1) is 5.82 Å². The number of rotatable bonds is 2. The van der Waals surface area contributed by atoms with E-state index in [0.717, 1.165) is 24.9 Å². The zero-order valence-electron chi connectivity index (χ0n) is 13.8. The Morgan fingerprint density at radius 1 is 1.04 bits per heavy atom. The van der Waals surface area contributed by atoms with Crippen molar-refractivity contribution in [1.29, 1.82) is 0 Å². The van der Waals surface area contributed by atoms with Gasteiger partial charge in [0.05, 0.1) is 22.0 Å². The minimum atomic E-state index is -3.36. The number of nitrogens with one attached hydrogen (secondary N) is 1. The van der Waals surface area contributed by atoms with Crippen molar-refractivity contribution in [2.45, 2.75) is 37.0 Å². The van der Waals surface area contributed by atoms with Crippen molar-refractivity contribution >= 4 is 21.2 Å². The first-order valence-electron chi connectivity index (χ1n) is 8.51. The molecular formula is C19H19FN2O2S. The van der Waals surface area contributed by atoms with Crippen LogP contribution in [0.1, 0.15) is 36.0 Å². The van der Waals surface area contributed by atoms with Gasteiger partial charge in [-0.3, -0.25) is 5.43 Å². The molecule has 2 aliphatic rings. The average Bonchev–Trinajstić information content (AvgIpc) is 2.61. The Morgan fingerprint density at radius 3 is 2.76 bits per heavy atom. The van der Waals surface area contributed by atoms with Crippen molar-refractivity contribution in [3.05, 3.63) is 58.9 Å². The number of hydrogen-bond donors (Lipinski definition) is 1. The fourth-order valence-corrected chi connectivity index (χ4v) is 5.07. The molecule has 4 rings (SSSR count). The lowest BCUT2D eigenvalue weighted by Gasteiger charge is -2.21. The van der Waals surface area contributed by atoms with Crippen LogP contribution in [0.15, 0.2) is 46.4 Å². The van der Waals surface area contributed by atoms with Crippen LogP contribution in [0.3, 0.4) is 0 Å². The molecule has 0 radical (unpaired) electrons. The minimum absolute atomic E-state index is 0.000950. The number of sulfone groups is 1. The first-order valence-corrected chi connectivity index (χ1v) is 10.2. The topological polar surface area (TPSA) is 58.5 Å². The van der Waals surface area contributed by atoms with Crippen LogP contribution in [0.25, 0.3) is 0 Å². The van der Waals surface area contributed by atoms with Crippen LogP contribution in [0.4, 0.5) is 10.1 Å². The first kappa shape index (κ1) is 16.3. The summed E-state index contributed by atoms with van der Waals surface area (Å²) in [6.07, 6.45) is 4.74. The maximum absolute atomic E-state index is 13.6. The lowest BCUT2D eigenvalue weighted by molar-refractivity contribution is 0.593. The number of nitrogens with zero attached hydrogens (tertiary/aromatic N) is 1. The smallest absolute Gasteiger partial charge is 0.179 e. The van der Waals surface area contributed by atoms with E-state index in [1.54, 1.807) is 0 Å². The highest BCUT2D eigenvalue weighted by Crippen LogP contribution is 2.29. The molecule has 0 saturated heterocycles. The summed E-state index contributed by atoms with van der Waals surface area (Å²) in [7, 11) is -3.36. The van der Waals surface area contributed by atoms with Gasteiger partial charge in [0.15, 0.2) is 9.84 Å². The molecule has 0 amide bonds. The Morgan fingerprint density at radius 2 is 1.88 bits per heavy atom. The summed E-state index contributed by atoms with van der Waals surface area (Å²) in [6, 6.07) is 9.91. The van der Waals surface area contributed by atoms with Crippen LogP contribution in [-0.4, -0.2) is 19.9 Å². The maximum atomic E-state index is 13.6. The van der Waals surface area contributed by atoms with Crippen molar-refractivity contribution in [2.75, 3.05) is 11.2 Å². The molecule has 6 heteroatoms. The Kier molecular flexibility index (Phi) is 4.07. The summed E-state index contributed by atoms with van der Waals surface area (Å²) in [4.78, 5) is 0.163. The molecule has 0 saturated carbocycles. The molecule has 0 fully saturated rings. The van der Waals surface area contributed by atoms with Gasteiger partial charge in [0.25, 0.3) is 0 Å². The zero-order valence-corrected chi connectivity index (χ0v) is 14.6. The normalized spacial score (nSPS) is 20.0. The molecule has 4 nitrogen and oxygen atoms in total. The Balaban J connectivity index is 1.71. The third-order valence-electron chi connectivity index (χ3n) is 4.90. The van der Waals surface area contributed by atoms with Gasteiger partial charge >= 0.3 is 0 Å². The van der Waals surface area contributed by atoms with E-state index in [9.17, 15) is 12.8 Å². The van der Waals surface area contributed by atoms with E-state index in [2.05, 4.69) is 16.6 Å². The molecular weight excluding hydrogens is 339 g/mol. The number of hydrogen-bond acceptors (Lipinski definition) is 4. The predicted octanol–water partition coefficient (Wildman–Crippen LogP) is 3.70. The van der Waals surface area contributed by atoms with Crippen molar-refractivity contribution < 1.29 is 12.8 Å². The van der Waals surface area contributed by atoms with Crippen LogP contribution in [0.5, 0.6) is 0 Å². The second-order valence-corrected chi connectivity index (χ2v) is 8.61. The summed E-state index contributed by atoms with van der Waals surface area (Å²) < 4.78 is 38.0. The highest BCUT2D eigenvalue weighted by molar-refractivity contribution is 7.91. The Labute approximate surface area is 146 Å². The van der Waals surface area contributed by atoms with Crippen LogP contribution < -0.4 is 5.43 Å². The van der Waals surface area contributed by atoms with Crippen LogP contribution in [0.2, 0.25) is 0 Å². The SMILES string of the molecule is O=S1(=O)CCC(=NNc2cccc3c2CCCC3)c2cc(F)ccc21. The molecule has 2 aromatic carbocycles. The number of fused-ring (bicyclic) bond motifs is 2. The van der Waals surface area contributed by atoms with Gasteiger partial charge in [0, 0.05) is 12.0 Å². The standard InChI is InChI=1S/C19H19FN2O2S/c20-14-8-9-19-16(12-14)18(10-11-25(19,23)24)22-21-17-7-3-5-13-4-1-2-6-15(13)17/h3,5,7-9,12,21H,1-2,4,6,10-11H2. The van der Waals surface area contributed by atoms with Crippen LogP contribution >= 0.6 is 0 Å². The molecule has 130 valence electrons. The third-order valence-corrected chi connectivity index (χ3v) is 6.67. The predicted molar refractivity (Wildman–Crippen MR) is 96.3 cm³/mol. The van der Waals surface area contributed by atoms with E-state index in [1.807, 2.05) is 12.1 Å². The average molecular weight is 358 g/mol. The van der Waals surface area contributed by atoms with Gasteiger partial charge in [-0.1, -0.05) is 12.1 Å². The summed E-state index contributed by atoms with van der Waals surface area (Å²) >= 11 is 0. The van der Waals surface area contributed by atoms with Crippen molar-refractivity contribution in [2.24, 2.45) is 5.10 Å². The minimum Gasteiger partial charge on any atom is -0.278 e. The molecule has 25 heavy (non-hydrogen) atoms. The number of hydrazone groups is 1. The lowest BCUT2D eigenvalue weighted by atomic mass is 9.90. The number of benzene rings is 2. The Hall–Kier alpha value is -2.21. The fraction of sp³-hybridized carbons (Fsp3) is 0.316. The number of aryl methyl sites for hydroxylation is 1. The second kappa shape index (κ2) is 6.26. The highest BCUT2D eigenvalue weighted by Gasteiger charge is 2.28. The molecule has 0 atom stereocenters. The number of anilines is 1. The quantitative estimate of drug-likeness (QED) is 0.658.